The summed E-state index contributed by atoms with van der Waals surface area (Å²) >= 11 is 0. The Labute approximate surface area is 159 Å². The van der Waals surface area contributed by atoms with Crippen LogP contribution in [0, 0.1) is 17.8 Å². The van der Waals surface area contributed by atoms with Gasteiger partial charge in [0.05, 0.1) is 31.2 Å². The summed E-state index contributed by atoms with van der Waals surface area (Å²) in [7, 11) is 1.85. The van der Waals surface area contributed by atoms with Crippen LogP contribution in [0.15, 0.2) is 24.5 Å². The zero-order chi connectivity index (χ0) is 18.8. The molecule has 0 aromatic carbocycles. The molecule has 27 heavy (non-hydrogen) atoms. The van der Waals surface area contributed by atoms with Crippen LogP contribution in [0.1, 0.15) is 12.0 Å². The zero-order valence-electron chi connectivity index (χ0n) is 15.8. The Kier molecular flexibility index (Phi) is 5.41. The number of amides is 2. The molecule has 0 saturated carbocycles. The molecule has 4 atom stereocenters. The topological polar surface area (TPSA) is 72.0 Å². The molecule has 0 N–H and O–H groups in total. The third-order valence-corrected chi connectivity index (χ3v) is 6.09. The van der Waals surface area contributed by atoms with Gasteiger partial charge in [-0.25, -0.2) is 0 Å². The van der Waals surface area contributed by atoms with Gasteiger partial charge in [0.1, 0.15) is 0 Å². The highest BCUT2D eigenvalue weighted by Gasteiger charge is 2.49. The summed E-state index contributed by atoms with van der Waals surface area (Å²) in [6, 6.07) is 3.94. The van der Waals surface area contributed by atoms with E-state index in [0.29, 0.717) is 39.5 Å². The first-order valence-electron chi connectivity index (χ1n) is 9.75. The lowest BCUT2D eigenvalue weighted by molar-refractivity contribution is -0.138. The maximum Gasteiger partial charge on any atom is 0.228 e. The summed E-state index contributed by atoms with van der Waals surface area (Å²) in [6.45, 7) is 3.53. The van der Waals surface area contributed by atoms with Gasteiger partial charge in [-0.05, 0) is 30.5 Å². The second-order valence-corrected chi connectivity index (χ2v) is 7.81. The molecule has 4 heterocycles. The number of likely N-dealkylation sites (N-methyl/N-ethyl adjacent to an activating group) is 1. The minimum absolute atomic E-state index is 0.0150. The van der Waals surface area contributed by atoms with Crippen LogP contribution >= 0.6 is 0 Å². The standard InChI is InChI=1S/C20H27N3O4/c1-22(8-4-14-2-6-21-7-3-14)20(25)17-13-27-18-11-23(10-16(17)18)19(24)15-5-9-26-12-15/h2-3,6-7,15-18H,4-5,8-13H2,1H3/t15?,16-,17+,18+/m1/s1. The number of hydrogen-bond donors (Lipinski definition) is 0. The van der Waals surface area contributed by atoms with E-state index in [9.17, 15) is 9.59 Å². The summed E-state index contributed by atoms with van der Waals surface area (Å²) < 4.78 is 11.2. The molecular formula is C20H27N3O4. The van der Waals surface area contributed by atoms with E-state index in [1.54, 1.807) is 17.3 Å². The number of carbonyl (C=O) groups is 2. The van der Waals surface area contributed by atoms with Gasteiger partial charge in [-0.3, -0.25) is 14.6 Å². The number of likely N-dealkylation sites (tertiary alicyclic amines) is 1. The number of carbonyl (C=O) groups excluding carboxylic acids is 2. The van der Waals surface area contributed by atoms with Crippen molar-refractivity contribution in [2.24, 2.45) is 17.8 Å². The smallest absolute Gasteiger partial charge is 0.228 e. The molecule has 3 fully saturated rings. The lowest BCUT2D eigenvalue weighted by Gasteiger charge is -2.25. The van der Waals surface area contributed by atoms with Crippen molar-refractivity contribution in [3.8, 4) is 0 Å². The predicted octanol–water partition coefficient (Wildman–Crippen LogP) is 0.592. The number of fused-ring (bicyclic) bond motifs is 1. The van der Waals surface area contributed by atoms with Crippen LogP contribution in [0.2, 0.25) is 0 Å². The fourth-order valence-electron chi connectivity index (χ4n) is 4.37. The largest absolute Gasteiger partial charge is 0.381 e. The van der Waals surface area contributed by atoms with Gasteiger partial charge in [0.25, 0.3) is 0 Å². The van der Waals surface area contributed by atoms with Crippen LogP contribution in [0.25, 0.3) is 0 Å². The van der Waals surface area contributed by atoms with E-state index in [1.807, 2.05) is 24.1 Å². The molecule has 0 aliphatic carbocycles. The third-order valence-electron chi connectivity index (χ3n) is 6.09. The summed E-state index contributed by atoms with van der Waals surface area (Å²) in [5.74, 6) is 0.195. The quantitative estimate of drug-likeness (QED) is 0.756. The van der Waals surface area contributed by atoms with Crippen molar-refractivity contribution in [2.75, 3.05) is 46.5 Å². The monoisotopic (exact) mass is 373 g/mol. The average Bonchev–Trinajstić information content (AvgIpc) is 3.42. The van der Waals surface area contributed by atoms with Crippen LogP contribution < -0.4 is 0 Å². The Morgan fingerprint density at radius 2 is 2.07 bits per heavy atom. The molecule has 146 valence electrons. The molecular weight excluding hydrogens is 346 g/mol. The number of rotatable bonds is 5. The second kappa shape index (κ2) is 7.94. The van der Waals surface area contributed by atoms with Crippen LogP contribution in [-0.2, 0) is 25.5 Å². The van der Waals surface area contributed by atoms with Crippen molar-refractivity contribution in [3.63, 3.8) is 0 Å². The normalized spacial score (nSPS) is 29.7. The Balaban J connectivity index is 1.32. The Hall–Kier alpha value is -1.99. The van der Waals surface area contributed by atoms with E-state index in [1.165, 1.54) is 5.56 Å². The fraction of sp³-hybridized carbons (Fsp3) is 0.650. The highest BCUT2D eigenvalue weighted by molar-refractivity contribution is 5.81. The van der Waals surface area contributed by atoms with Gasteiger partial charge in [0.2, 0.25) is 11.8 Å². The van der Waals surface area contributed by atoms with Gasteiger partial charge in [-0.1, -0.05) is 0 Å². The fourth-order valence-corrected chi connectivity index (χ4v) is 4.37. The van der Waals surface area contributed by atoms with E-state index in [0.717, 1.165) is 12.8 Å². The second-order valence-electron chi connectivity index (χ2n) is 7.81. The molecule has 3 aliphatic heterocycles. The minimum Gasteiger partial charge on any atom is -0.381 e. The van der Waals surface area contributed by atoms with Crippen molar-refractivity contribution < 1.29 is 19.1 Å². The van der Waals surface area contributed by atoms with Gasteiger partial charge < -0.3 is 19.3 Å². The third kappa shape index (κ3) is 3.84. The minimum atomic E-state index is -0.157. The first-order chi connectivity index (χ1) is 13.1. The van der Waals surface area contributed by atoms with Crippen molar-refractivity contribution in [3.05, 3.63) is 30.1 Å². The first kappa shape index (κ1) is 18.4. The van der Waals surface area contributed by atoms with E-state index < -0.39 is 0 Å². The van der Waals surface area contributed by atoms with Crippen molar-refractivity contribution in [1.82, 2.24) is 14.8 Å². The summed E-state index contributed by atoms with van der Waals surface area (Å²) in [6.07, 6.45) is 5.13. The van der Waals surface area contributed by atoms with Crippen molar-refractivity contribution in [1.29, 1.82) is 0 Å². The summed E-state index contributed by atoms with van der Waals surface area (Å²) in [4.78, 5) is 33.3. The summed E-state index contributed by atoms with van der Waals surface area (Å²) in [5, 5.41) is 0. The number of ether oxygens (including phenoxy) is 2. The van der Waals surface area contributed by atoms with Crippen molar-refractivity contribution >= 4 is 11.8 Å². The van der Waals surface area contributed by atoms with Gasteiger partial charge in [0.15, 0.2) is 0 Å². The molecule has 4 rings (SSSR count). The highest BCUT2D eigenvalue weighted by atomic mass is 16.5. The van der Waals surface area contributed by atoms with E-state index in [2.05, 4.69) is 4.98 Å². The van der Waals surface area contributed by atoms with Crippen LogP contribution in [0.5, 0.6) is 0 Å². The van der Waals surface area contributed by atoms with E-state index in [-0.39, 0.29) is 35.7 Å². The number of pyridine rings is 1. The van der Waals surface area contributed by atoms with Crippen molar-refractivity contribution in [2.45, 2.75) is 18.9 Å². The average molecular weight is 373 g/mol. The van der Waals surface area contributed by atoms with Gasteiger partial charge >= 0.3 is 0 Å². The molecule has 3 aliphatic rings. The highest BCUT2D eigenvalue weighted by Crippen LogP contribution is 2.35. The molecule has 3 saturated heterocycles. The van der Waals surface area contributed by atoms with Gasteiger partial charge in [0, 0.05) is 51.6 Å². The van der Waals surface area contributed by atoms with Gasteiger partial charge in [-0.15, -0.1) is 0 Å². The lowest BCUT2D eigenvalue weighted by Crippen LogP contribution is -2.40. The molecule has 0 spiro atoms. The maximum absolute atomic E-state index is 13.0. The summed E-state index contributed by atoms with van der Waals surface area (Å²) in [5.41, 5.74) is 1.17. The maximum atomic E-state index is 13.0. The molecule has 7 nitrogen and oxygen atoms in total. The molecule has 0 radical (unpaired) electrons. The molecule has 1 aromatic rings. The molecule has 1 aromatic heterocycles. The van der Waals surface area contributed by atoms with Crippen LogP contribution in [0.3, 0.4) is 0 Å². The van der Waals surface area contributed by atoms with Crippen LogP contribution in [-0.4, -0.2) is 79.2 Å². The zero-order valence-corrected chi connectivity index (χ0v) is 15.8. The number of hydrogen-bond acceptors (Lipinski definition) is 5. The number of aromatic nitrogens is 1. The molecule has 0 bridgehead atoms. The Morgan fingerprint density at radius 3 is 2.81 bits per heavy atom. The van der Waals surface area contributed by atoms with E-state index in [4.69, 9.17) is 9.47 Å². The molecule has 1 unspecified atom stereocenters. The number of nitrogens with zero attached hydrogens (tertiary/aromatic N) is 3. The van der Waals surface area contributed by atoms with E-state index >= 15 is 0 Å². The SMILES string of the molecule is CN(CCc1ccncc1)C(=O)[C@H]1CO[C@H]2CN(C(=O)C3CCOC3)C[C@@H]21. The Bertz CT molecular complexity index is 677. The van der Waals surface area contributed by atoms with Gasteiger partial charge in [-0.2, -0.15) is 0 Å². The predicted molar refractivity (Wildman–Crippen MR) is 97.8 cm³/mol. The Morgan fingerprint density at radius 1 is 1.26 bits per heavy atom. The lowest BCUT2D eigenvalue weighted by atomic mass is 9.92. The van der Waals surface area contributed by atoms with Crippen LogP contribution in [0.4, 0.5) is 0 Å². The molecule has 2 amide bonds. The first-order valence-corrected chi connectivity index (χ1v) is 9.75. The molecule has 7 heteroatoms.